The number of unbranched alkanes of at least 4 members (excludes halogenated alkanes) is 12. The molecule has 1 aliphatic rings. The molecule has 0 aromatic carbocycles. The van der Waals surface area contributed by atoms with Gasteiger partial charge in [-0.05, 0) is 12.8 Å². The van der Waals surface area contributed by atoms with E-state index in [0.29, 0.717) is 5.66 Å². The van der Waals surface area contributed by atoms with E-state index in [0.717, 1.165) is 0 Å². The Labute approximate surface area is 147 Å². The van der Waals surface area contributed by atoms with Crippen LogP contribution in [0.1, 0.15) is 117 Å². The first kappa shape index (κ1) is 21.0. The van der Waals surface area contributed by atoms with Gasteiger partial charge in [-0.2, -0.15) is 0 Å². The fourth-order valence-electron chi connectivity index (χ4n) is 4.05. The van der Waals surface area contributed by atoms with Gasteiger partial charge >= 0.3 is 0 Å². The Hall–Kier alpha value is -0.0800. The van der Waals surface area contributed by atoms with E-state index in [9.17, 15) is 0 Å². The average molecular weight is 325 g/mol. The van der Waals surface area contributed by atoms with Gasteiger partial charge in [-0.3, -0.25) is 0 Å². The molecule has 0 amide bonds. The summed E-state index contributed by atoms with van der Waals surface area (Å²) in [5.74, 6) is 0. The first-order valence-electron chi connectivity index (χ1n) is 10.7. The molecule has 0 N–H and O–H groups in total. The van der Waals surface area contributed by atoms with Gasteiger partial charge in [-0.1, -0.05) is 104 Å². The molecule has 0 radical (unpaired) electrons. The molecule has 23 heavy (non-hydrogen) atoms. The van der Waals surface area contributed by atoms with Crippen LogP contribution in [0.5, 0.6) is 0 Å². The molecule has 2 nitrogen and oxygen atoms in total. The SMILES string of the molecule is CCCCCCCCCC1(CCCCCCCCC)N(C)N1C. The first-order valence-corrected chi connectivity index (χ1v) is 10.7. The second kappa shape index (κ2) is 12.3. The Morgan fingerprint density at radius 1 is 0.478 bits per heavy atom. The number of hydrogen-bond donors (Lipinski definition) is 0. The van der Waals surface area contributed by atoms with Gasteiger partial charge in [0.1, 0.15) is 0 Å². The third-order valence-electron chi connectivity index (χ3n) is 5.98. The second-order valence-electron chi connectivity index (χ2n) is 7.77. The zero-order chi connectivity index (χ0) is 17.0. The van der Waals surface area contributed by atoms with Crippen LogP contribution in [0.4, 0.5) is 0 Å². The van der Waals surface area contributed by atoms with Crippen molar-refractivity contribution in [2.45, 2.75) is 122 Å². The normalized spacial score (nSPS) is 22.4. The van der Waals surface area contributed by atoms with Gasteiger partial charge in [0, 0.05) is 14.1 Å². The summed E-state index contributed by atoms with van der Waals surface area (Å²) in [4.78, 5) is 0. The van der Waals surface area contributed by atoms with Gasteiger partial charge in [-0.15, -0.1) is 0 Å². The van der Waals surface area contributed by atoms with Gasteiger partial charge in [-0.25, -0.2) is 10.0 Å². The lowest BCUT2D eigenvalue weighted by Gasteiger charge is -2.15. The van der Waals surface area contributed by atoms with Crippen molar-refractivity contribution in [1.29, 1.82) is 0 Å². The summed E-state index contributed by atoms with van der Waals surface area (Å²) in [6.45, 7) is 4.60. The molecular weight excluding hydrogens is 280 g/mol. The summed E-state index contributed by atoms with van der Waals surface area (Å²) in [6.07, 6.45) is 22.7. The molecule has 1 aliphatic heterocycles. The Kier molecular flexibility index (Phi) is 11.2. The minimum Gasteiger partial charge on any atom is -0.222 e. The van der Waals surface area contributed by atoms with E-state index in [1.54, 1.807) is 0 Å². The molecule has 0 aliphatic carbocycles. The third-order valence-corrected chi connectivity index (χ3v) is 5.98. The van der Waals surface area contributed by atoms with Crippen molar-refractivity contribution in [3.8, 4) is 0 Å². The molecule has 1 heterocycles. The van der Waals surface area contributed by atoms with E-state index in [2.05, 4.69) is 38.0 Å². The number of rotatable bonds is 16. The second-order valence-corrected chi connectivity index (χ2v) is 7.77. The highest BCUT2D eigenvalue weighted by Crippen LogP contribution is 2.44. The highest BCUT2D eigenvalue weighted by Gasteiger charge is 2.54. The van der Waals surface area contributed by atoms with Crippen LogP contribution in [0.25, 0.3) is 0 Å². The van der Waals surface area contributed by atoms with Crippen molar-refractivity contribution in [2.24, 2.45) is 0 Å². The summed E-state index contributed by atoms with van der Waals surface area (Å²) in [5.41, 5.74) is 0.423. The lowest BCUT2D eigenvalue weighted by atomic mass is 9.97. The van der Waals surface area contributed by atoms with Gasteiger partial charge in [0.25, 0.3) is 0 Å². The molecular formula is C21H44N2. The first-order chi connectivity index (χ1) is 11.2. The summed E-state index contributed by atoms with van der Waals surface area (Å²) in [7, 11) is 4.56. The zero-order valence-corrected chi connectivity index (χ0v) is 16.7. The largest absolute Gasteiger partial charge is 0.222 e. The van der Waals surface area contributed by atoms with E-state index in [-0.39, 0.29) is 0 Å². The highest BCUT2D eigenvalue weighted by molar-refractivity contribution is 4.97. The van der Waals surface area contributed by atoms with Crippen molar-refractivity contribution >= 4 is 0 Å². The maximum absolute atomic E-state index is 2.49. The molecule has 0 aromatic rings. The van der Waals surface area contributed by atoms with Crippen molar-refractivity contribution in [2.75, 3.05) is 14.1 Å². The smallest absolute Gasteiger partial charge is 0.0998 e. The topological polar surface area (TPSA) is 6.02 Å². The standard InChI is InChI=1S/C21H44N2/c1-5-7-9-11-13-15-17-19-21(22(3)23(21)4)20-18-16-14-12-10-8-6-2/h5-20H2,1-4H3. The molecule has 0 aromatic heterocycles. The number of nitrogens with zero attached hydrogens (tertiary/aromatic N) is 2. The quantitative estimate of drug-likeness (QED) is 0.228. The molecule has 1 rings (SSSR count). The van der Waals surface area contributed by atoms with Crippen LogP contribution in [0, 0.1) is 0 Å². The van der Waals surface area contributed by atoms with Crippen molar-refractivity contribution < 1.29 is 0 Å². The number of hydrogen-bond acceptors (Lipinski definition) is 2. The Balaban J connectivity index is 2.06. The predicted octanol–water partition coefficient (Wildman–Crippen LogP) is 6.76. The number of hydrazine groups is 1. The Bertz CT molecular complexity index is 249. The predicted molar refractivity (Wildman–Crippen MR) is 103 cm³/mol. The molecule has 2 atom stereocenters. The van der Waals surface area contributed by atoms with Crippen molar-refractivity contribution in [3.05, 3.63) is 0 Å². The Morgan fingerprint density at radius 3 is 1.09 bits per heavy atom. The molecule has 0 saturated carbocycles. The maximum Gasteiger partial charge on any atom is 0.0998 e. The molecule has 0 bridgehead atoms. The minimum atomic E-state index is 0.423. The fraction of sp³-hybridized carbons (Fsp3) is 1.00. The minimum absolute atomic E-state index is 0.423. The molecule has 1 fully saturated rings. The lowest BCUT2D eigenvalue weighted by Crippen LogP contribution is -2.18. The Morgan fingerprint density at radius 2 is 0.783 bits per heavy atom. The average Bonchev–Trinajstić information content (AvgIpc) is 3.06. The monoisotopic (exact) mass is 324 g/mol. The summed E-state index contributed by atoms with van der Waals surface area (Å²) in [6, 6.07) is 0. The van der Waals surface area contributed by atoms with Crippen LogP contribution in [-0.4, -0.2) is 29.8 Å². The van der Waals surface area contributed by atoms with E-state index in [4.69, 9.17) is 0 Å². The molecule has 138 valence electrons. The van der Waals surface area contributed by atoms with E-state index < -0.39 is 0 Å². The van der Waals surface area contributed by atoms with Crippen LogP contribution in [0.3, 0.4) is 0 Å². The zero-order valence-electron chi connectivity index (χ0n) is 16.7. The lowest BCUT2D eigenvalue weighted by molar-refractivity contribution is 0.370. The van der Waals surface area contributed by atoms with Crippen LogP contribution in [0.2, 0.25) is 0 Å². The van der Waals surface area contributed by atoms with Gasteiger partial charge in [0.05, 0.1) is 5.66 Å². The van der Waals surface area contributed by atoms with Gasteiger partial charge in [0.15, 0.2) is 0 Å². The van der Waals surface area contributed by atoms with Crippen LogP contribution in [-0.2, 0) is 0 Å². The van der Waals surface area contributed by atoms with E-state index in [1.165, 1.54) is 103 Å². The van der Waals surface area contributed by atoms with Crippen molar-refractivity contribution in [1.82, 2.24) is 10.0 Å². The van der Waals surface area contributed by atoms with E-state index in [1.807, 2.05) is 0 Å². The molecule has 2 unspecified atom stereocenters. The molecule has 0 spiro atoms. The van der Waals surface area contributed by atoms with Crippen LogP contribution < -0.4 is 0 Å². The van der Waals surface area contributed by atoms with Crippen LogP contribution in [0.15, 0.2) is 0 Å². The highest BCUT2D eigenvalue weighted by atomic mass is 15.9. The van der Waals surface area contributed by atoms with Gasteiger partial charge < -0.3 is 0 Å². The summed E-state index contributed by atoms with van der Waals surface area (Å²) in [5, 5.41) is 4.97. The summed E-state index contributed by atoms with van der Waals surface area (Å²) < 4.78 is 0. The van der Waals surface area contributed by atoms with Gasteiger partial charge in [0.2, 0.25) is 0 Å². The fourth-order valence-corrected chi connectivity index (χ4v) is 4.05. The maximum atomic E-state index is 2.49. The van der Waals surface area contributed by atoms with Crippen LogP contribution >= 0.6 is 0 Å². The summed E-state index contributed by atoms with van der Waals surface area (Å²) >= 11 is 0. The molecule has 2 heteroatoms. The van der Waals surface area contributed by atoms with E-state index >= 15 is 0 Å². The molecule has 1 saturated heterocycles. The van der Waals surface area contributed by atoms with Crippen molar-refractivity contribution in [3.63, 3.8) is 0 Å². The third kappa shape index (κ3) is 7.56.